The Morgan fingerprint density at radius 2 is 1.74 bits per heavy atom. The van der Waals surface area contributed by atoms with Crippen molar-refractivity contribution in [1.29, 1.82) is 0 Å². The lowest BCUT2D eigenvalue weighted by molar-refractivity contribution is -0.175. The third kappa shape index (κ3) is 2.97. The van der Waals surface area contributed by atoms with Crippen molar-refractivity contribution in [2.75, 3.05) is 7.11 Å². The molecule has 0 amide bonds. The maximum absolute atomic E-state index is 14.6. The summed E-state index contributed by atoms with van der Waals surface area (Å²) < 4.78 is 11.1. The van der Waals surface area contributed by atoms with Gasteiger partial charge in [0.05, 0.1) is 23.5 Å². The van der Waals surface area contributed by atoms with Gasteiger partial charge in [0.1, 0.15) is 5.76 Å². The molecule has 208 valence electrons. The second kappa shape index (κ2) is 7.85. The monoisotopic (exact) mass is 585 g/mol. The van der Waals surface area contributed by atoms with E-state index >= 15 is 0 Å². The summed E-state index contributed by atoms with van der Waals surface area (Å²) in [5.74, 6) is 1.55. The molecule has 6 heteroatoms. The summed E-state index contributed by atoms with van der Waals surface area (Å²) in [5, 5.41) is 4.21. The highest BCUT2D eigenvalue weighted by Gasteiger charge is 2.72. The minimum Gasteiger partial charge on any atom is -0.469 e. The Balaban J connectivity index is 1.50. The minimum absolute atomic E-state index is 0.00699. The lowest BCUT2D eigenvalue weighted by atomic mass is 9.33. The number of nitrogens with zero attached hydrogens (tertiary/aromatic N) is 1. The first kappa shape index (κ1) is 26.8. The smallest absolute Gasteiger partial charge is 0.311 e. The van der Waals surface area contributed by atoms with Gasteiger partial charge in [0.15, 0.2) is 5.78 Å². The normalized spacial score (nSPS) is 49.0. The summed E-state index contributed by atoms with van der Waals surface area (Å²) in [6, 6.07) is 0. The van der Waals surface area contributed by atoms with Crippen LogP contribution in [0, 0.1) is 44.8 Å². The molecule has 3 saturated carbocycles. The highest BCUT2D eigenvalue weighted by Crippen LogP contribution is 2.77. The Kier molecular flexibility index (Phi) is 5.53. The van der Waals surface area contributed by atoms with E-state index in [0.717, 1.165) is 56.3 Å². The molecule has 1 aromatic heterocycles. The van der Waals surface area contributed by atoms with E-state index in [2.05, 4.69) is 75.6 Å². The van der Waals surface area contributed by atoms with Crippen molar-refractivity contribution in [3.05, 3.63) is 29.2 Å². The molecular weight excluding hydrogens is 542 g/mol. The third-order valence-corrected chi connectivity index (χ3v) is 14.8. The van der Waals surface area contributed by atoms with Gasteiger partial charge >= 0.3 is 5.97 Å². The number of ketones is 1. The van der Waals surface area contributed by atoms with Crippen LogP contribution < -0.4 is 0 Å². The van der Waals surface area contributed by atoms with Gasteiger partial charge in [-0.3, -0.25) is 9.59 Å². The molecule has 0 spiro atoms. The fourth-order valence-corrected chi connectivity index (χ4v) is 11.7. The van der Waals surface area contributed by atoms with E-state index in [-0.39, 0.29) is 55.5 Å². The first-order chi connectivity index (χ1) is 17.6. The summed E-state index contributed by atoms with van der Waals surface area (Å²) in [4.78, 5) is 27.5. The zero-order chi connectivity index (χ0) is 27.7. The molecule has 5 aliphatic rings. The van der Waals surface area contributed by atoms with Gasteiger partial charge in [0.2, 0.25) is 0 Å². The van der Waals surface area contributed by atoms with Crippen LogP contribution in [0.4, 0.5) is 0 Å². The maximum atomic E-state index is 14.6. The SMILES string of the molecule is COC(=O)[C@@]1(C)CC[C@]2(C)CC[C@]3(C)C(=CC(=O)[C@@H]4[C@@]5(C)C(Br)c6cnoc6C(C)(C)[C@@H]5CC[C@]43C)[C@@H]2C1. The molecule has 0 radical (unpaired) electrons. The number of esters is 1. The molecule has 0 bridgehead atoms. The largest absolute Gasteiger partial charge is 0.469 e. The van der Waals surface area contributed by atoms with Crippen LogP contribution in [0.3, 0.4) is 0 Å². The average Bonchev–Trinajstić information content (AvgIpc) is 3.36. The summed E-state index contributed by atoms with van der Waals surface area (Å²) in [7, 11) is 1.50. The second-order valence-corrected chi connectivity index (χ2v) is 16.2. The molecular formula is C32H44BrNO4. The van der Waals surface area contributed by atoms with Gasteiger partial charge in [0, 0.05) is 16.9 Å². The van der Waals surface area contributed by atoms with Crippen LogP contribution in [0.1, 0.15) is 110 Å². The van der Waals surface area contributed by atoms with Crippen molar-refractivity contribution < 1.29 is 18.8 Å². The highest BCUT2D eigenvalue weighted by molar-refractivity contribution is 9.09. The van der Waals surface area contributed by atoms with E-state index in [1.165, 1.54) is 12.7 Å². The number of rotatable bonds is 1. The molecule has 5 nitrogen and oxygen atoms in total. The summed E-state index contributed by atoms with van der Waals surface area (Å²) in [6.45, 7) is 16.3. The number of carbonyl (C=O) groups excluding carboxylic acids is 2. The second-order valence-electron chi connectivity index (χ2n) is 15.3. The number of halogens is 1. The van der Waals surface area contributed by atoms with Crippen LogP contribution in [-0.2, 0) is 19.7 Å². The van der Waals surface area contributed by atoms with Crippen LogP contribution in [0.2, 0.25) is 0 Å². The van der Waals surface area contributed by atoms with Gasteiger partial charge < -0.3 is 9.26 Å². The van der Waals surface area contributed by atoms with Crippen LogP contribution in [0.5, 0.6) is 0 Å². The maximum Gasteiger partial charge on any atom is 0.311 e. The summed E-state index contributed by atoms with van der Waals surface area (Å²) in [5.41, 5.74) is 1.30. The lowest BCUT2D eigenvalue weighted by Crippen LogP contribution is -2.66. The molecule has 0 saturated heterocycles. The molecule has 0 aliphatic heterocycles. The number of alkyl halides is 1. The highest BCUT2D eigenvalue weighted by atomic mass is 79.9. The average molecular weight is 587 g/mol. The molecule has 1 aromatic rings. The topological polar surface area (TPSA) is 69.4 Å². The minimum atomic E-state index is -0.499. The Bertz CT molecular complexity index is 1250. The van der Waals surface area contributed by atoms with Gasteiger partial charge in [-0.15, -0.1) is 0 Å². The van der Waals surface area contributed by atoms with Crippen LogP contribution in [-0.4, -0.2) is 24.0 Å². The van der Waals surface area contributed by atoms with E-state index in [1.54, 1.807) is 0 Å². The Hall–Kier alpha value is -1.43. The molecule has 0 aromatic carbocycles. The van der Waals surface area contributed by atoms with Crippen LogP contribution >= 0.6 is 15.9 Å². The van der Waals surface area contributed by atoms with E-state index in [1.807, 2.05) is 6.20 Å². The van der Waals surface area contributed by atoms with Gasteiger partial charge in [0.25, 0.3) is 0 Å². The summed E-state index contributed by atoms with van der Waals surface area (Å²) >= 11 is 4.11. The number of fused-ring (bicyclic) bond motifs is 8. The van der Waals surface area contributed by atoms with Crippen molar-refractivity contribution >= 4 is 27.7 Å². The Labute approximate surface area is 236 Å². The van der Waals surface area contributed by atoms with Gasteiger partial charge in [-0.2, -0.15) is 0 Å². The van der Waals surface area contributed by atoms with Crippen LogP contribution in [0.25, 0.3) is 0 Å². The fourth-order valence-electron chi connectivity index (χ4n) is 10.8. The van der Waals surface area contributed by atoms with E-state index in [0.29, 0.717) is 5.92 Å². The zero-order valence-electron chi connectivity index (χ0n) is 24.4. The fraction of sp³-hybridized carbons (Fsp3) is 0.781. The summed E-state index contributed by atoms with van der Waals surface area (Å²) in [6.07, 6.45) is 10.9. The predicted molar refractivity (Wildman–Crippen MR) is 150 cm³/mol. The number of ether oxygens (including phenoxy) is 1. The standard InChI is InChI=1S/C32H44BrNO4/c1-27(2)22-9-10-31(6)23(32(22,7)24(33)18-17-34-38-25(18)27)21(35)15-19-20-16-29(4,26(36)37-8)12-11-28(20,3)13-14-30(19,31)5/h15,17,20,22-24H,9-14,16H2,1-8H3/t20-,22-,23-,24?,28+,29-,30+,31+,32-/m0/s1. The van der Waals surface area contributed by atoms with E-state index in [4.69, 9.17) is 9.26 Å². The van der Waals surface area contributed by atoms with Crippen molar-refractivity contribution in [2.45, 2.75) is 104 Å². The molecule has 9 atom stereocenters. The van der Waals surface area contributed by atoms with E-state index in [9.17, 15) is 9.59 Å². The van der Waals surface area contributed by atoms with Gasteiger partial charge in [-0.1, -0.05) is 68.2 Å². The molecule has 0 N–H and O–H groups in total. The number of hydrogen-bond donors (Lipinski definition) is 0. The Morgan fingerprint density at radius 3 is 2.42 bits per heavy atom. The van der Waals surface area contributed by atoms with Gasteiger partial charge in [-0.25, -0.2) is 0 Å². The number of allylic oxidation sites excluding steroid dienone is 2. The van der Waals surface area contributed by atoms with Crippen molar-refractivity contribution in [3.63, 3.8) is 0 Å². The number of carbonyl (C=O) groups is 2. The molecule has 38 heavy (non-hydrogen) atoms. The molecule has 5 aliphatic carbocycles. The molecule has 3 fully saturated rings. The molecule has 6 rings (SSSR count). The quantitative estimate of drug-likeness (QED) is 0.249. The Morgan fingerprint density at radius 1 is 1.05 bits per heavy atom. The van der Waals surface area contributed by atoms with E-state index < -0.39 is 5.41 Å². The van der Waals surface area contributed by atoms with Crippen molar-refractivity contribution in [3.8, 4) is 0 Å². The number of hydrogen-bond acceptors (Lipinski definition) is 5. The zero-order valence-corrected chi connectivity index (χ0v) is 26.0. The van der Waals surface area contributed by atoms with Crippen molar-refractivity contribution in [1.82, 2.24) is 5.16 Å². The first-order valence-electron chi connectivity index (χ1n) is 14.5. The molecule has 1 unspecified atom stereocenters. The van der Waals surface area contributed by atoms with Crippen molar-refractivity contribution in [2.24, 2.45) is 44.8 Å². The van der Waals surface area contributed by atoms with Gasteiger partial charge in [-0.05, 0) is 91.4 Å². The lowest BCUT2D eigenvalue weighted by Gasteiger charge is -2.70. The molecule has 1 heterocycles. The first-order valence-corrected chi connectivity index (χ1v) is 15.5. The third-order valence-electron chi connectivity index (χ3n) is 13.3. The van der Waals surface area contributed by atoms with Crippen LogP contribution in [0.15, 0.2) is 22.4 Å². The number of aromatic nitrogens is 1. The number of methoxy groups -OCH3 is 1. The predicted octanol–water partition coefficient (Wildman–Crippen LogP) is 7.74.